The zero-order valence-corrected chi connectivity index (χ0v) is 40.9. The molecule has 2 aromatic heterocycles. The summed E-state index contributed by atoms with van der Waals surface area (Å²) in [5.41, 5.74) is 17.8. The Balaban J connectivity index is 0.790. The third-order valence-electron chi connectivity index (χ3n) is 15.4. The summed E-state index contributed by atoms with van der Waals surface area (Å²) in [6.07, 6.45) is 0. The summed E-state index contributed by atoms with van der Waals surface area (Å²) < 4.78 is 9.04. The molecule has 0 spiro atoms. The van der Waals surface area contributed by atoms with Crippen LogP contribution in [0, 0.1) is 0 Å². The first-order valence-corrected chi connectivity index (χ1v) is 25.7. The lowest BCUT2D eigenvalue weighted by Crippen LogP contribution is -2.10. The van der Waals surface area contributed by atoms with E-state index in [0.717, 1.165) is 77.9 Å². The van der Waals surface area contributed by atoms with Crippen LogP contribution in [0.1, 0.15) is 0 Å². The Labute approximate surface area is 434 Å². The largest absolute Gasteiger partial charge is 0.455 e. The van der Waals surface area contributed by atoms with Gasteiger partial charge in [0.05, 0.1) is 11.0 Å². The number of anilines is 3. The highest BCUT2D eigenvalue weighted by Gasteiger charge is 2.18. The molecule has 3 nitrogen and oxygen atoms in total. The Morgan fingerprint density at radius 1 is 0.253 bits per heavy atom. The molecule has 0 N–H and O–H groups in total. The maximum atomic E-state index is 6.65. The molecule has 0 amide bonds. The van der Waals surface area contributed by atoms with Crippen molar-refractivity contribution >= 4 is 93.1 Å². The Morgan fingerprint density at radius 3 is 1.39 bits per heavy atom. The van der Waals surface area contributed by atoms with Crippen LogP contribution in [-0.2, 0) is 0 Å². The van der Waals surface area contributed by atoms with Crippen LogP contribution < -0.4 is 4.90 Å². The molecule has 75 heavy (non-hydrogen) atoms. The molecular formula is C72H46N2O. The minimum absolute atomic E-state index is 0.883. The van der Waals surface area contributed by atoms with E-state index in [1.807, 2.05) is 0 Å². The third-order valence-corrected chi connectivity index (χ3v) is 15.4. The zero-order chi connectivity index (χ0) is 49.4. The van der Waals surface area contributed by atoms with Crippen molar-refractivity contribution in [2.24, 2.45) is 0 Å². The van der Waals surface area contributed by atoms with Gasteiger partial charge in [-0.2, -0.15) is 0 Å². The molecule has 15 rings (SSSR count). The number of rotatable bonds is 8. The smallest absolute Gasteiger partial charge is 0.143 e. The van der Waals surface area contributed by atoms with Gasteiger partial charge in [0.1, 0.15) is 11.2 Å². The van der Waals surface area contributed by atoms with Crippen LogP contribution in [0.4, 0.5) is 17.1 Å². The quantitative estimate of drug-likeness (QED) is 0.142. The fraction of sp³-hybridized carbons (Fsp3) is 0. The number of hydrogen-bond acceptors (Lipinski definition) is 2. The Hall–Kier alpha value is -9.96. The summed E-state index contributed by atoms with van der Waals surface area (Å²) in [7, 11) is 0. The topological polar surface area (TPSA) is 21.3 Å². The van der Waals surface area contributed by atoms with Gasteiger partial charge >= 0.3 is 0 Å². The van der Waals surface area contributed by atoms with Gasteiger partial charge in [0.15, 0.2) is 0 Å². The summed E-state index contributed by atoms with van der Waals surface area (Å²) in [5, 5.41) is 12.2. The van der Waals surface area contributed by atoms with Crippen molar-refractivity contribution in [2.75, 3.05) is 4.90 Å². The lowest BCUT2D eigenvalue weighted by atomic mass is 9.96. The number of nitrogens with zero attached hydrogens (tertiary/aromatic N) is 2. The zero-order valence-electron chi connectivity index (χ0n) is 40.9. The minimum atomic E-state index is 0.883. The first kappa shape index (κ1) is 42.7. The molecule has 13 aromatic carbocycles. The van der Waals surface area contributed by atoms with Gasteiger partial charge in [0.2, 0.25) is 0 Å². The van der Waals surface area contributed by atoms with Gasteiger partial charge in [-0.1, -0.05) is 194 Å². The van der Waals surface area contributed by atoms with Crippen LogP contribution >= 0.6 is 0 Å². The fourth-order valence-corrected chi connectivity index (χ4v) is 11.6. The van der Waals surface area contributed by atoms with E-state index < -0.39 is 0 Å². The van der Waals surface area contributed by atoms with Crippen LogP contribution in [0.5, 0.6) is 0 Å². The Kier molecular flexibility index (Phi) is 9.89. The van der Waals surface area contributed by atoms with Crippen LogP contribution in [0.3, 0.4) is 0 Å². The maximum Gasteiger partial charge on any atom is 0.143 e. The fourth-order valence-electron chi connectivity index (χ4n) is 11.6. The van der Waals surface area contributed by atoms with Gasteiger partial charge in [-0.3, -0.25) is 0 Å². The van der Waals surface area contributed by atoms with E-state index in [2.05, 4.69) is 289 Å². The van der Waals surface area contributed by atoms with Crippen molar-refractivity contribution in [3.63, 3.8) is 0 Å². The van der Waals surface area contributed by atoms with Gasteiger partial charge in [0.25, 0.3) is 0 Å². The van der Waals surface area contributed by atoms with Crippen molar-refractivity contribution in [2.45, 2.75) is 0 Å². The van der Waals surface area contributed by atoms with Gasteiger partial charge in [-0.25, -0.2) is 0 Å². The van der Waals surface area contributed by atoms with Gasteiger partial charge in [0, 0.05) is 49.7 Å². The number of furan rings is 1. The van der Waals surface area contributed by atoms with Crippen molar-refractivity contribution in [3.05, 3.63) is 279 Å². The van der Waals surface area contributed by atoms with E-state index >= 15 is 0 Å². The lowest BCUT2D eigenvalue weighted by Gasteiger charge is -2.26. The normalized spacial score (nSPS) is 11.7. The molecule has 0 bridgehead atoms. The number of aromatic nitrogens is 1. The predicted molar refractivity (Wildman–Crippen MR) is 317 cm³/mol. The summed E-state index contributed by atoms with van der Waals surface area (Å²) in [5.74, 6) is 0. The molecule has 0 atom stereocenters. The number of hydrogen-bond donors (Lipinski definition) is 0. The second-order valence-electron chi connectivity index (χ2n) is 19.7. The summed E-state index contributed by atoms with van der Waals surface area (Å²) >= 11 is 0. The third kappa shape index (κ3) is 7.28. The maximum absolute atomic E-state index is 6.65. The summed E-state index contributed by atoms with van der Waals surface area (Å²) in [4.78, 5) is 2.37. The van der Waals surface area contributed by atoms with Crippen LogP contribution in [0.15, 0.2) is 283 Å². The molecule has 0 aliphatic carbocycles. The first-order valence-electron chi connectivity index (χ1n) is 25.7. The van der Waals surface area contributed by atoms with E-state index in [9.17, 15) is 0 Å². The molecule has 3 heteroatoms. The SMILES string of the molecule is c1cc(-c2ccc3c(c2)oc2c4ccccc4ccc32)cc(N(c2ccc(-c3ccc(-c4ccc5ccc6ccccc6c5c4)cc3)cc2)c2ccc(-c3cccc(-n4c5ccccc5c5ccccc54)c3)cc2)c1. The second kappa shape index (κ2) is 17.4. The van der Waals surface area contributed by atoms with E-state index in [0.29, 0.717) is 0 Å². The van der Waals surface area contributed by atoms with E-state index in [-0.39, 0.29) is 0 Å². The molecule has 0 radical (unpaired) electrons. The van der Waals surface area contributed by atoms with Gasteiger partial charge < -0.3 is 13.9 Å². The van der Waals surface area contributed by atoms with Gasteiger partial charge in [-0.15, -0.1) is 0 Å². The van der Waals surface area contributed by atoms with E-state index in [1.165, 1.54) is 65.4 Å². The Bertz CT molecular complexity index is 4640. The van der Waals surface area contributed by atoms with Crippen LogP contribution in [-0.4, -0.2) is 4.57 Å². The summed E-state index contributed by atoms with van der Waals surface area (Å²) in [6.45, 7) is 0. The highest BCUT2D eigenvalue weighted by molar-refractivity contribution is 6.15. The summed E-state index contributed by atoms with van der Waals surface area (Å²) in [6, 6.07) is 101. The lowest BCUT2D eigenvalue weighted by molar-refractivity contribution is 0.673. The highest BCUT2D eigenvalue weighted by Crippen LogP contribution is 2.42. The van der Waals surface area contributed by atoms with Crippen LogP contribution in [0.2, 0.25) is 0 Å². The first-order chi connectivity index (χ1) is 37.1. The van der Waals surface area contributed by atoms with Gasteiger partial charge in [-0.05, 0) is 156 Å². The van der Waals surface area contributed by atoms with Crippen molar-refractivity contribution in [1.82, 2.24) is 4.57 Å². The molecule has 15 aromatic rings. The molecule has 0 aliphatic rings. The number of para-hydroxylation sites is 2. The molecule has 0 aliphatic heterocycles. The molecular weight excluding hydrogens is 909 g/mol. The second-order valence-corrected chi connectivity index (χ2v) is 19.7. The van der Waals surface area contributed by atoms with Crippen molar-refractivity contribution in [3.8, 4) is 50.2 Å². The molecule has 0 fully saturated rings. The number of fused-ring (bicyclic) bond motifs is 11. The van der Waals surface area contributed by atoms with Crippen molar-refractivity contribution < 1.29 is 4.42 Å². The molecule has 2 heterocycles. The molecule has 0 unspecified atom stereocenters. The van der Waals surface area contributed by atoms with Crippen molar-refractivity contribution in [1.29, 1.82) is 0 Å². The molecule has 350 valence electrons. The highest BCUT2D eigenvalue weighted by atomic mass is 16.3. The monoisotopic (exact) mass is 954 g/mol. The molecule has 0 saturated heterocycles. The number of benzene rings is 13. The van der Waals surface area contributed by atoms with Crippen LogP contribution in [0.25, 0.3) is 126 Å². The average molecular weight is 955 g/mol. The van der Waals surface area contributed by atoms with E-state index in [4.69, 9.17) is 4.42 Å². The minimum Gasteiger partial charge on any atom is -0.455 e. The average Bonchev–Trinajstić information content (AvgIpc) is 4.05. The standard InChI is InChI=1S/C72H46N2O/c1-3-17-62-51(11-1)27-28-53-29-30-56(45-68(53)62)49-25-23-47(24-26-49)48-31-37-58(38-32-48)73(60-15-10-14-55(44-60)57-36-41-66-67-42-35-52-12-2-4-18-63(52)72(67)75-71(66)46-57)59-39-33-50(34-40-59)54-13-9-16-61(43-54)74-69-21-7-5-19-64(69)65-20-6-8-22-70(65)74/h1-46H. The van der Waals surface area contributed by atoms with E-state index in [1.54, 1.807) is 0 Å². The molecule has 0 saturated carbocycles. The predicted octanol–water partition coefficient (Wildman–Crippen LogP) is 20.3. The Morgan fingerprint density at radius 2 is 0.707 bits per heavy atom.